The summed E-state index contributed by atoms with van der Waals surface area (Å²) in [5.74, 6) is 0.887. The van der Waals surface area contributed by atoms with E-state index >= 15 is 0 Å². The van der Waals surface area contributed by atoms with Gasteiger partial charge in [0.1, 0.15) is 5.82 Å². The molecular formula is C16H22N4O. The van der Waals surface area contributed by atoms with Crippen LogP contribution in [-0.2, 0) is 0 Å². The van der Waals surface area contributed by atoms with Crippen molar-refractivity contribution in [1.82, 2.24) is 9.88 Å². The van der Waals surface area contributed by atoms with Crippen LogP contribution in [0.4, 0.5) is 5.82 Å². The molecule has 0 bridgehead atoms. The molecule has 0 amide bonds. The van der Waals surface area contributed by atoms with Gasteiger partial charge in [-0.2, -0.15) is 5.26 Å². The Kier molecular flexibility index (Phi) is 4.37. The van der Waals surface area contributed by atoms with Crippen LogP contribution in [0.5, 0.6) is 0 Å². The normalized spacial score (nSPS) is 27.3. The molecule has 5 nitrogen and oxygen atoms in total. The van der Waals surface area contributed by atoms with E-state index in [1.165, 1.54) is 6.42 Å². The van der Waals surface area contributed by atoms with Gasteiger partial charge in [-0.3, -0.25) is 4.90 Å². The number of pyridine rings is 1. The molecule has 3 rings (SSSR count). The molecular weight excluding hydrogens is 264 g/mol. The number of aliphatic hydroxyl groups is 1. The molecule has 1 saturated carbocycles. The van der Waals surface area contributed by atoms with Gasteiger partial charge in [-0.1, -0.05) is 12.8 Å². The third-order valence-electron chi connectivity index (χ3n) is 4.68. The van der Waals surface area contributed by atoms with E-state index in [-0.39, 0.29) is 6.10 Å². The third-order valence-corrected chi connectivity index (χ3v) is 4.68. The zero-order valence-electron chi connectivity index (χ0n) is 12.3. The zero-order valence-corrected chi connectivity index (χ0v) is 12.3. The first-order valence-corrected chi connectivity index (χ1v) is 7.81. The van der Waals surface area contributed by atoms with Gasteiger partial charge in [0, 0.05) is 38.4 Å². The van der Waals surface area contributed by atoms with Crippen LogP contribution in [0.15, 0.2) is 18.3 Å². The van der Waals surface area contributed by atoms with E-state index in [0.717, 1.165) is 51.3 Å². The van der Waals surface area contributed by atoms with Gasteiger partial charge >= 0.3 is 0 Å². The predicted octanol–water partition coefficient (Wildman–Crippen LogP) is 1.38. The number of nitrogens with zero attached hydrogens (tertiary/aromatic N) is 4. The van der Waals surface area contributed by atoms with Gasteiger partial charge in [0.25, 0.3) is 0 Å². The summed E-state index contributed by atoms with van der Waals surface area (Å²) in [6.45, 7) is 3.73. The summed E-state index contributed by atoms with van der Waals surface area (Å²) in [7, 11) is 0. The largest absolute Gasteiger partial charge is 0.391 e. The summed E-state index contributed by atoms with van der Waals surface area (Å²) in [5, 5.41) is 19.1. The Balaban J connectivity index is 1.61. The highest BCUT2D eigenvalue weighted by atomic mass is 16.3. The summed E-state index contributed by atoms with van der Waals surface area (Å²) in [6, 6.07) is 6.08. The molecule has 1 aromatic rings. The summed E-state index contributed by atoms with van der Waals surface area (Å²) in [4.78, 5) is 9.02. The van der Waals surface area contributed by atoms with Gasteiger partial charge in [-0.25, -0.2) is 4.98 Å². The first-order valence-electron chi connectivity index (χ1n) is 7.81. The Hall–Kier alpha value is -1.64. The lowest BCUT2D eigenvalue weighted by atomic mass is 9.91. The van der Waals surface area contributed by atoms with Crippen molar-refractivity contribution in [3.05, 3.63) is 23.9 Å². The second-order valence-corrected chi connectivity index (χ2v) is 5.96. The fraction of sp³-hybridized carbons (Fsp3) is 0.625. The maximum Gasteiger partial charge on any atom is 0.129 e. The topological polar surface area (TPSA) is 63.4 Å². The smallest absolute Gasteiger partial charge is 0.129 e. The van der Waals surface area contributed by atoms with Crippen LogP contribution < -0.4 is 4.90 Å². The fourth-order valence-corrected chi connectivity index (χ4v) is 3.46. The Morgan fingerprint density at radius 1 is 1.19 bits per heavy atom. The number of aliphatic hydroxyl groups excluding tert-OH is 1. The number of hydrogen-bond donors (Lipinski definition) is 1. The fourth-order valence-electron chi connectivity index (χ4n) is 3.46. The molecule has 5 heteroatoms. The van der Waals surface area contributed by atoms with Gasteiger partial charge in [0.15, 0.2) is 0 Å². The minimum absolute atomic E-state index is 0.162. The molecule has 112 valence electrons. The number of nitriles is 1. The van der Waals surface area contributed by atoms with Gasteiger partial charge in [0.05, 0.1) is 17.7 Å². The van der Waals surface area contributed by atoms with Crippen molar-refractivity contribution in [2.45, 2.75) is 37.8 Å². The van der Waals surface area contributed by atoms with Crippen molar-refractivity contribution < 1.29 is 5.11 Å². The lowest BCUT2D eigenvalue weighted by molar-refractivity contribution is 0.0172. The van der Waals surface area contributed by atoms with Crippen molar-refractivity contribution in [3.63, 3.8) is 0 Å². The highest BCUT2D eigenvalue weighted by Crippen LogP contribution is 2.25. The Morgan fingerprint density at radius 3 is 2.67 bits per heavy atom. The Morgan fingerprint density at radius 2 is 1.95 bits per heavy atom. The monoisotopic (exact) mass is 286 g/mol. The molecule has 2 atom stereocenters. The van der Waals surface area contributed by atoms with E-state index in [2.05, 4.69) is 20.9 Å². The average Bonchev–Trinajstić information content (AvgIpc) is 2.56. The van der Waals surface area contributed by atoms with E-state index in [4.69, 9.17) is 5.26 Å². The Bertz CT molecular complexity index is 519. The highest BCUT2D eigenvalue weighted by molar-refractivity contribution is 5.45. The van der Waals surface area contributed by atoms with Crippen LogP contribution in [0.2, 0.25) is 0 Å². The minimum atomic E-state index is -0.162. The van der Waals surface area contributed by atoms with Crippen molar-refractivity contribution in [3.8, 4) is 6.07 Å². The molecule has 1 N–H and O–H groups in total. The van der Waals surface area contributed by atoms with Crippen LogP contribution in [-0.4, -0.2) is 53.3 Å². The van der Waals surface area contributed by atoms with Gasteiger partial charge < -0.3 is 10.0 Å². The molecule has 21 heavy (non-hydrogen) atoms. The SMILES string of the molecule is N#Cc1ccnc(N2CCN(C3CCCCC3O)CC2)c1. The average molecular weight is 286 g/mol. The number of piperazine rings is 1. The molecule has 0 aromatic carbocycles. The third kappa shape index (κ3) is 3.17. The minimum Gasteiger partial charge on any atom is -0.391 e. The van der Waals surface area contributed by atoms with Gasteiger partial charge in [-0.15, -0.1) is 0 Å². The molecule has 2 aliphatic rings. The molecule has 1 aliphatic heterocycles. The molecule has 1 saturated heterocycles. The second kappa shape index (κ2) is 6.42. The standard InChI is InChI=1S/C16H22N4O/c17-12-13-5-6-18-16(11-13)20-9-7-19(8-10-20)14-3-1-2-4-15(14)21/h5-6,11,14-15,21H,1-4,7-10H2. The molecule has 2 heterocycles. The maximum atomic E-state index is 10.2. The first-order chi connectivity index (χ1) is 10.3. The predicted molar refractivity (Wildman–Crippen MR) is 81.0 cm³/mol. The number of hydrogen-bond acceptors (Lipinski definition) is 5. The van der Waals surface area contributed by atoms with Crippen LogP contribution in [0.1, 0.15) is 31.2 Å². The maximum absolute atomic E-state index is 10.2. The molecule has 2 unspecified atom stereocenters. The lowest BCUT2D eigenvalue weighted by Gasteiger charge is -2.43. The van der Waals surface area contributed by atoms with E-state index in [9.17, 15) is 5.11 Å². The van der Waals surface area contributed by atoms with E-state index in [1.807, 2.05) is 6.07 Å². The summed E-state index contributed by atoms with van der Waals surface area (Å²) < 4.78 is 0. The molecule has 0 spiro atoms. The van der Waals surface area contributed by atoms with Crippen LogP contribution >= 0.6 is 0 Å². The summed E-state index contributed by atoms with van der Waals surface area (Å²) in [5.41, 5.74) is 0.658. The van der Waals surface area contributed by atoms with E-state index in [1.54, 1.807) is 12.3 Å². The van der Waals surface area contributed by atoms with Gasteiger partial charge in [-0.05, 0) is 25.0 Å². The quantitative estimate of drug-likeness (QED) is 0.890. The van der Waals surface area contributed by atoms with Crippen molar-refractivity contribution >= 4 is 5.82 Å². The molecule has 2 fully saturated rings. The number of anilines is 1. The highest BCUT2D eigenvalue weighted by Gasteiger charge is 2.31. The zero-order chi connectivity index (χ0) is 14.7. The molecule has 1 aromatic heterocycles. The molecule has 1 aliphatic carbocycles. The van der Waals surface area contributed by atoms with Crippen molar-refractivity contribution in [2.24, 2.45) is 0 Å². The number of aromatic nitrogens is 1. The van der Waals surface area contributed by atoms with Crippen molar-refractivity contribution in [1.29, 1.82) is 5.26 Å². The van der Waals surface area contributed by atoms with Crippen LogP contribution in [0.25, 0.3) is 0 Å². The summed E-state index contributed by atoms with van der Waals surface area (Å²) in [6.07, 6.45) is 5.98. The number of rotatable bonds is 2. The van der Waals surface area contributed by atoms with E-state index < -0.39 is 0 Å². The van der Waals surface area contributed by atoms with Crippen molar-refractivity contribution in [2.75, 3.05) is 31.1 Å². The molecule has 0 radical (unpaired) electrons. The lowest BCUT2D eigenvalue weighted by Crippen LogP contribution is -2.54. The summed E-state index contributed by atoms with van der Waals surface area (Å²) >= 11 is 0. The van der Waals surface area contributed by atoms with Gasteiger partial charge in [0.2, 0.25) is 0 Å². The van der Waals surface area contributed by atoms with Crippen LogP contribution in [0.3, 0.4) is 0 Å². The Labute approximate surface area is 125 Å². The van der Waals surface area contributed by atoms with E-state index in [0.29, 0.717) is 11.6 Å². The first kappa shape index (κ1) is 14.3. The second-order valence-electron chi connectivity index (χ2n) is 5.96. The van der Waals surface area contributed by atoms with Crippen LogP contribution in [0, 0.1) is 11.3 Å².